The Morgan fingerprint density at radius 3 is 2.38 bits per heavy atom. The first-order chi connectivity index (χ1) is 15.4. The number of hydrogen-bond donors (Lipinski definition) is 0. The largest absolute Gasteiger partial charge is 0.422 e. The number of allylic oxidation sites excluding steroid dienone is 1. The third-order valence-corrected chi connectivity index (χ3v) is 6.39. The molecule has 2 heteroatoms. The molecule has 0 atom stereocenters. The molecule has 0 saturated heterocycles. The smallest absolute Gasteiger partial charge is 0.343 e. The van der Waals surface area contributed by atoms with Crippen LogP contribution in [-0.4, -0.2) is 5.97 Å². The van der Waals surface area contributed by atoms with Crippen LogP contribution in [0.4, 0.5) is 0 Å². The molecule has 0 spiro atoms. The molecular weight excluding hydrogens is 392 g/mol. The summed E-state index contributed by atoms with van der Waals surface area (Å²) in [6, 6.07) is 28.2. The topological polar surface area (TPSA) is 26.3 Å². The Bertz CT molecular complexity index is 1340. The van der Waals surface area contributed by atoms with Crippen LogP contribution >= 0.6 is 0 Å². The molecule has 158 valence electrons. The lowest BCUT2D eigenvalue weighted by Gasteiger charge is -2.33. The third-order valence-electron chi connectivity index (χ3n) is 6.39. The first kappa shape index (κ1) is 20.3. The van der Waals surface area contributed by atoms with E-state index in [1.165, 1.54) is 27.8 Å². The summed E-state index contributed by atoms with van der Waals surface area (Å²) in [5.74, 6) is 0.247. The van der Waals surface area contributed by atoms with Gasteiger partial charge in [-0.1, -0.05) is 80.1 Å². The van der Waals surface area contributed by atoms with Gasteiger partial charge in [0.2, 0.25) is 0 Å². The van der Waals surface area contributed by atoms with Gasteiger partial charge in [-0.05, 0) is 76.7 Å². The van der Waals surface area contributed by atoms with Gasteiger partial charge in [-0.2, -0.15) is 0 Å². The zero-order chi connectivity index (χ0) is 22.3. The zero-order valence-electron chi connectivity index (χ0n) is 18.7. The average molecular weight is 419 g/mol. The summed E-state index contributed by atoms with van der Waals surface area (Å²) in [6.45, 7) is 6.69. The lowest BCUT2D eigenvalue weighted by atomic mass is 9.71. The lowest BCUT2D eigenvalue weighted by Crippen LogP contribution is -2.22. The molecule has 1 aliphatic rings. The normalized spacial score (nSPS) is 14.5. The molecule has 2 nitrogen and oxygen atoms in total. The Hall–Kier alpha value is -3.65. The highest BCUT2D eigenvalue weighted by Gasteiger charge is 2.29. The molecule has 0 unspecified atom stereocenters. The fraction of sp³-hybridized carbons (Fsp3) is 0.167. The van der Waals surface area contributed by atoms with E-state index in [0.29, 0.717) is 11.3 Å². The molecule has 32 heavy (non-hydrogen) atoms. The summed E-state index contributed by atoms with van der Waals surface area (Å²) >= 11 is 0. The number of benzene rings is 4. The maximum Gasteiger partial charge on any atom is 0.343 e. The highest BCUT2D eigenvalue weighted by atomic mass is 16.5. The summed E-state index contributed by atoms with van der Waals surface area (Å²) in [5, 5.41) is 2.03. The van der Waals surface area contributed by atoms with Crippen molar-refractivity contribution in [1.82, 2.24) is 0 Å². The van der Waals surface area contributed by atoms with Crippen LogP contribution in [0, 0.1) is 6.92 Å². The SMILES string of the molecule is Cc1ccc(C2=CCC(C)(C)c3cc4cccc(OC(=O)c5ccccc5)c4cc32)cc1. The quantitative estimate of drug-likeness (QED) is 0.255. The van der Waals surface area contributed by atoms with Gasteiger partial charge in [0.15, 0.2) is 0 Å². The van der Waals surface area contributed by atoms with Crippen molar-refractivity contribution in [3.63, 3.8) is 0 Å². The van der Waals surface area contributed by atoms with Crippen LogP contribution in [0.1, 0.15) is 52.9 Å². The van der Waals surface area contributed by atoms with Gasteiger partial charge < -0.3 is 4.74 Å². The maximum absolute atomic E-state index is 12.7. The molecule has 0 N–H and O–H groups in total. The number of esters is 1. The van der Waals surface area contributed by atoms with Crippen molar-refractivity contribution in [3.8, 4) is 5.75 Å². The van der Waals surface area contributed by atoms with E-state index in [-0.39, 0.29) is 11.4 Å². The van der Waals surface area contributed by atoms with Crippen molar-refractivity contribution < 1.29 is 9.53 Å². The molecule has 1 aliphatic carbocycles. The number of ether oxygens (including phenoxy) is 1. The molecule has 0 heterocycles. The van der Waals surface area contributed by atoms with Crippen molar-refractivity contribution in [3.05, 3.63) is 119 Å². The van der Waals surface area contributed by atoms with E-state index >= 15 is 0 Å². The number of fused-ring (bicyclic) bond motifs is 2. The van der Waals surface area contributed by atoms with E-state index in [1.807, 2.05) is 30.3 Å². The van der Waals surface area contributed by atoms with Gasteiger partial charge in [0, 0.05) is 5.39 Å². The highest BCUT2D eigenvalue weighted by molar-refractivity contribution is 5.98. The van der Waals surface area contributed by atoms with Gasteiger partial charge in [-0.25, -0.2) is 4.79 Å². The minimum Gasteiger partial charge on any atom is -0.422 e. The van der Waals surface area contributed by atoms with Crippen LogP contribution in [0.15, 0.2) is 91.0 Å². The van der Waals surface area contributed by atoms with Gasteiger partial charge in [-0.15, -0.1) is 0 Å². The van der Waals surface area contributed by atoms with Gasteiger partial charge in [-0.3, -0.25) is 0 Å². The fourth-order valence-electron chi connectivity index (χ4n) is 4.49. The predicted molar refractivity (Wildman–Crippen MR) is 131 cm³/mol. The second-order valence-corrected chi connectivity index (χ2v) is 9.20. The first-order valence-corrected chi connectivity index (χ1v) is 11.0. The fourth-order valence-corrected chi connectivity index (χ4v) is 4.49. The van der Waals surface area contributed by atoms with Crippen LogP contribution in [-0.2, 0) is 5.41 Å². The van der Waals surface area contributed by atoms with Gasteiger partial charge in [0.1, 0.15) is 5.75 Å². The molecule has 4 aromatic rings. The van der Waals surface area contributed by atoms with Crippen molar-refractivity contribution in [2.24, 2.45) is 0 Å². The number of carbonyl (C=O) groups is 1. The molecule has 5 rings (SSSR count). The Balaban J connectivity index is 1.64. The van der Waals surface area contributed by atoms with Crippen LogP contribution in [0.2, 0.25) is 0 Å². The standard InChI is InChI=1S/C30H26O2/c1-20-12-14-21(15-13-20)24-16-17-30(2,3)27-18-23-10-7-11-28(25(23)19-26(24)27)32-29(31)22-8-5-4-6-9-22/h4-16,18-19H,17H2,1-3H3. The minimum atomic E-state index is -0.342. The molecule has 0 fully saturated rings. The Morgan fingerprint density at radius 1 is 0.875 bits per heavy atom. The second-order valence-electron chi connectivity index (χ2n) is 9.20. The van der Waals surface area contributed by atoms with Gasteiger partial charge in [0.25, 0.3) is 0 Å². The van der Waals surface area contributed by atoms with E-state index < -0.39 is 0 Å². The molecule has 0 bridgehead atoms. The van der Waals surface area contributed by atoms with E-state index in [1.54, 1.807) is 12.1 Å². The molecule has 0 aromatic heterocycles. The van der Waals surface area contributed by atoms with Crippen LogP contribution in [0.3, 0.4) is 0 Å². The zero-order valence-corrected chi connectivity index (χ0v) is 18.7. The van der Waals surface area contributed by atoms with Crippen LogP contribution in [0.25, 0.3) is 16.3 Å². The summed E-state index contributed by atoms with van der Waals surface area (Å²) in [6.07, 6.45) is 3.33. The van der Waals surface area contributed by atoms with E-state index in [2.05, 4.69) is 69.3 Å². The molecule has 4 aromatic carbocycles. The lowest BCUT2D eigenvalue weighted by molar-refractivity contribution is 0.0737. The van der Waals surface area contributed by atoms with Crippen LogP contribution in [0.5, 0.6) is 5.75 Å². The van der Waals surface area contributed by atoms with Crippen molar-refractivity contribution in [1.29, 1.82) is 0 Å². The van der Waals surface area contributed by atoms with Crippen molar-refractivity contribution >= 4 is 22.3 Å². The van der Waals surface area contributed by atoms with Gasteiger partial charge >= 0.3 is 5.97 Å². The Kier molecular flexibility index (Phi) is 4.94. The van der Waals surface area contributed by atoms with Crippen LogP contribution < -0.4 is 4.74 Å². The number of aryl methyl sites for hydroxylation is 1. The summed E-state index contributed by atoms with van der Waals surface area (Å²) in [5.41, 5.74) is 6.82. The summed E-state index contributed by atoms with van der Waals surface area (Å²) < 4.78 is 5.85. The monoisotopic (exact) mass is 418 g/mol. The molecular formula is C30H26O2. The molecule has 0 saturated carbocycles. The molecule has 0 amide bonds. The van der Waals surface area contributed by atoms with E-state index in [0.717, 1.165) is 17.2 Å². The second kappa shape index (κ2) is 7.80. The molecule has 0 radical (unpaired) electrons. The maximum atomic E-state index is 12.7. The predicted octanol–water partition coefficient (Wildman–Crippen LogP) is 7.48. The van der Waals surface area contributed by atoms with Crippen molar-refractivity contribution in [2.45, 2.75) is 32.6 Å². The van der Waals surface area contributed by atoms with Gasteiger partial charge in [0.05, 0.1) is 5.56 Å². The third kappa shape index (κ3) is 3.62. The van der Waals surface area contributed by atoms with Crippen molar-refractivity contribution in [2.75, 3.05) is 0 Å². The Labute approximate surface area is 189 Å². The first-order valence-electron chi connectivity index (χ1n) is 11.0. The summed E-state index contributed by atoms with van der Waals surface area (Å²) in [7, 11) is 0. The van der Waals surface area contributed by atoms with E-state index in [9.17, 15) is 4.79 Å². The Morgan fingerprint density at radius 2 is 1.62 bits per heavy atom. The number of carbonyl (C=O) groups excluding carboxylic acids is 1. The summed E-state index contributed by atoms with van der Waals surface area (Å²) in [4.78, 5) is 12.7. The van der Waals surface area contributed by atoms with E-state index in [4.69, 9.17) is 4.74 Å². The average Bonchev–Trinajstić information content (AvgIpc) is 2.80. The number of rotatable bonds is 3. The molecule has 0 aliphatic heterocycles. The number of hydrogen-bond acceptors (Lipinski definition) is 2. The minimum absolute atomic E-state index is 0.0362. The highest BCUT2D eigenvalue weighted by Crippen LogP contribution is 2.44.